The van der Waals surface area contributed by atoms with Gasteiger partial charge in [-0.1, -0.05) is 12.8 Å². The molecule has 2 aliphatic rings. The van der Waals surface area contributed by atoms with Gasteiger partial charge in [0.05, 0.1) is 0 Å². The van der Waals surface area contributed by atoms with Gasteiger partial charge in [0.2, 0.25) is 0 Å². The van der Waals surface area contributed by atoms with E-state index in [4.69, 9.17) is 0 Å². The Morgan fingerprint density at radius 3 is 2.29 bits per heavy atom. The Kier molecular flexibility index (Phi) is 3.91. The van der Waals surface area contributed by atoms with E-state index in [-0.39, 0.29) is 0 Å². The third kappa shape index (κ3) is 2.75. The molecule has 0 unspecified atom stereocenters. The number of Topliss-reactive ketones (excluding diaryl/α,β-unsaturated/α-hetero) is 1. The van der Waals surface area contributed by atoms with Crippen molar-refractivity contribution in [2.24, 2.45) is 5.92 Å². The van der Waals surface area contributed by atoms with Crippen LogP contribution in [0.4, 0.5) is 0 Å². The van der Waals surface area contributed by atoms with Crippen molar-refractivity contribution in [1.82, 2.24) is 0 Å². The molecule has 2 fully saturated rings. The SMILES string of the molecule is O=C(C[S+]1CCCCC1)C1CCCC1. The summed E-state index contributed by atoms with van der Waals surface area (Å²) in [7, 11) is 0.480. The first kappa shape index (κ1) is 10.5. The van der Waals surface area contributed by atoms with E-state index in [2.05, 4.69) is 0 Å². The van der Waals surface area contributed by atoms with Crippen LogP contribution in [-0.4, -0.2) is 23.0 Å². The van der Waals surface area contributed by atoms with Gasteiger partial charge >= 0.3 is 0 Å². The molecule has 14 heavy (non-hydrogen) atoms. The highest BCUT2D eigenvalue weighted by Crippen LogP contribution is 2.26. The molecule has 1 heterocycles. The van der Waals surface area contributed by atoms with E-state index in [9.17, 15) is 4.79 Å². The lowest BCUT2D eigenvalue weighted by atomic mass is 10.0. The van der Waals surface area contributed by atoms with Gasteiger partial charge in [0, 0.05) is 5.92 Å². The van der Waals surface area contributed by atoms with Crippen molar-refractivity contribution in [2.75, 3.05) is 17.3 Å². The second kappa shape index (κ2) is 5.20. The van der Waals surface area contributed by atoms with E-state index < -0.39 is 0 Å². The van der Waals surface area contributed by atoms with Crippen LogP contribution < -0.4 is 0 Å². The Labute approximate surface area is 90.0 Å². The average molecular weight is 213 g/mol. The number of hydrogen-bond acceptors (Lipinski definition) is 1. The summed E-state index contributed by atoms with van der Waals surface area (Å²) in [5, 5.41) is 0. The van der Waals surface area contributed by atoms with Crippen LogP contribution in [0, 0.1) is 5.92 Å². The molecule has 1 aliphatic carbocycles. The molecule has 0 bridgehead atoms. The highest BCUT2D eigenvalue weighted by molar-refractivity contribution is 7.97. The van der Waals surface area contributed by atoms with E-state index >= 15 is 0 Å². The monoisotopic (exact) mass is 213 g/mol. The van der Waals surface area contributed by atoms with Crippen molar-refractivity contribution in [2.45, 2.75) is 44.9 Å². The fourth-order valence-electron chi connectivity index (χ4n) is 2.60. The molecule has 1 aliphatic heterocycles. The molecule has 80 valence electrons. The van der Waals surface area contributed by atoms with E-state index in [0.717, 1.165) is 5.75 Å². The molecule has 0 N–H and O–H groups in total. The fraction of sp³-hybridized carbons (Fsp3) is 0.917. The predicted octanol–water partition coefficient (Wildman–Crippen LogP) is 2.55. The van der Waals surface area contributed by atoms with Crippen molar-refractivity contribution in [1.29, 1.82) is 0 Å². The Hall–Kier alpha value is 0.0200. The summed E-state index contributed by atoms with van der Waals surface area (Å²) >= 11 is 0. The summed E-state index contributed by atoms with van der Waals surface area (Å²) in [6.45, 7) is 0. The first-order chi connectivity index (χ1) is 6.86. The van der Waals surface area contributed by atoms with Crippen LogP contribution in [0.2, 0.25) is 0 Å². The third-order valence-corrected chi connectivity index (χ3v) is 5.95. The molecule has 2 heteroatoms. The molecular weight excluding hydrogens is 192 g/mol. The zero-order valence-corrected chi connectivity index (χ0v) is 9.78. The first-order valence-corrected chi connectivity index (χ1v) is 7.76. The molecule has 0 aromatic rings. The molecule has 0 aromatic carbocycles. The Bertz CT molecular complexity index is 190. The van der Waals surface area contributed by atoms with Crippen LogP contribution in [0.15, 0.2) is 0 Å². The summed E-state index contributed by atoms with van der Waals surface area (Å²) in [5.74, 6) is 4.69. The van der Waals surface area contributed by atoms with Crippen LogP contribution >= 0.6 is 0 Å². The second-order valence-corrected chi connectivity index (χ2v) is 7.00. The van der Waals surface area contributed by atoms with Gasteiger partial charge in [-0.15, -0.1) is 0 Å². The van der Waals surface area contributed by atoms with Gasteiger partial charge in [-0.3, -0.25) is 4.79 Å². The number of rotatable bonds is 3. The van der Waals surface area contributed by atoms with Crippen molar-refractivity contribution in [3.63, 3.8) is 0 Å². The molecule has 2 rings (SSSR count). The van der Waals surface area contributed by atoms with E-state index in [1.54, 1.807) is 0 Å². The molecule has 0 radical (unpaired) electrons. The van der Waals surface area contributed by atoms with Crippen LogP contribution in [0.1, 0.15) is 44.9 Å². The summed E-state index contributed by atoms with van der Waals surface area (Å²) in [6, 6.07) is 0. The number of carbonyl (C=O) groups is 1. The van der Waals surface area contributed by atoms with Crippen molar-refractivity contribution >= 4 is 16.7 Å². The van der Waals surface area contributed by atoms with Crippen LogP contribution in [0.25, 0.3) is 0 Å². The minimum absolute atomic E-state index is 0.462. The van der Waals surface area contributed by atoms with Gasteiger partial charge in [-0.2, -0.15) is 0 Å². The van der Waals surface area contributed by atoms with Crippen LogP contribution in [-0.2, 0) is 15.7 Å². The maximum absolute atomic E-state index is 11.9. The van der Waals surface area contributed by atoms with E-state index in [1.165, 1.54) is 56.5 Å². The molecule has 0 atom stereocenters. The van der Waals surface area contributed by atoms with Crippen molar-refractivity contribution in [3.05, 3.63) is 0 Å². The molecule has 1 nitrogen and oxygen atoms in total. The lowest BCUT2D eigenvalue weighted by Crippen LogP contribution is -2.28. The minimum atomic E-state index is 0.462. The third-order valence-electron chi connectivity index (χ3n) is 3.52. The zero-order valence-electron chi connectivity index (χ0n) is 8.96. The van der Waals surface area contributed by atoms with Gasteiger partial charge in [0.1, 0.15) is 11.5 Å². The van der Waals surface area contributed by atoms with Crippen LogP contribution in [0.3, 0.4) is 0 Å². The highest BCUT2D eigenvalue weighted by atomic mass is 32.2. The number of ketones is 1. The summed E-state index contributed by atoms with van der Waals surface area (Å²) < 4.78 is 0. The van der Waals surface area contributed by atoms with E-state index in [1.807, 2.05) is 0 Å². The molecule has 0 aromatic heterocycles. The zero-order chi connectivity index (χ0) is 9.80. The molecular formula is C12H21OS+. The number of hydrogen-bond donors (Lipinski definition) is 0. The Balaban J connectivity index is 1.75. The highest BCUT2D eigenvalue weighted by Gasteiger charge is 2.30. The summed E-state index contributed by atoms with van der Waals surface area (Å²) in [6.07, 6.45) is 9.13. The Morgan fingerprint density at radius 1 is 1.00 bits per heavy atom. The van der Waals surface area contributed by atoms with E-state index in [0.29, 0.717) is 22.6 Å². The first-order valence-electron chi connectivity index (χ1n) is 6.03. The quantitative estimate of drug-likeness (QED) is 0.659. The van der Waals surface area contributed by atoms with Gasteiger partial charge in [0.25, 0.3) is 0 Å². The molecule has 1 saturated heterocycles. The van der Waals surface area contributed by atoms with Gasteiger partial charge < -0.3 is 0 Å². The predicted molar refractivity (Wildman–Crippen MR) is 62.8 cm³/mol. The van der Waals surface area contributed by atoms with Crippen LogP contribution in [0.5, 0.6) is 0 Å². The molecule has 0 spiro atoms. The van der Waals surface area contributed by atoms with Gasteiger partial charge in [-0.25, -0.2) is 0 Å². The van der Waals surface area contributed by atoms with Gasteiger partial charge in [0.15, 0.2) is 11.5 Å². The number of carbonyl (C=O) groups excluding carboxylic acids is 1. The maximum atomic E-state index is 11.9. The largest absolute Gasteiger partial charge is 0.294 e. The maximum Gasteiger partial charge on any atom is 0.184 e. The summed E-state index contributed by atoms with van der Waals surface area (Å²) in [5.41, 5.74) is 0. The topological polar surface area (TPSA) is 17.1 Å². The van der Waals surface area contributed by atoms with Gasteiger partial charge in [-0.05, 0) is 43.0 Å². The lowest BCUT2D eigenvalue weighted by Gasteiger charge is -2.14. The second-order valence-electron chi connectivity index (χ2n) is 4.67. The molecule has 1 saturated carbocycles. The normalized spacial score (nSPS) is 25.4. The molecule has 0 amide bonds. The average Bonchev–Trinajstić information content (AvgIpc) is 2.72. The Morgan fingerprint density at radius 2 is 1.64 bits per heavy atom. The smallest absolute Gasteiger partial charge is 0.184 e. The van der Waals surface area contributed by atoms with Crippen molar-refractivity contribution < 1.29 is 4.79 Å². The summed E-state index contributed by atoms with van der Waals surface area (Å²) in [4.78, 5) is 11.9. The standard InChI is InChI=1S/C12H21OS/c13-12(11-6-2-3-7-11)10-14-8-4-1-5-9-14/h11H,1-10H2/q+1. The lowest BCUT2D eigenvalue weighted by molar-refractivity contribution is -0.120. The minimum Gasteiger partial charge on any atom is -0.294 e. The fourth-order valence-corrected chi connectivity index (χ4v) is 4.96. The van der Waals surface area contributed by atoms with Crippen molar-refractivity contribution in [3.8, 4) is 0 Å².